The molecule has 0 heterocycles. The molecule has 0 bridgehead atoms. The fourth-order valence-corrected chi connectivity index (χ4v) is 1.38. The summed E-state index contributed by atoms with van der Waals surface area (Å²) in [4.78, 5) is 22.6. The van der Waals surface area contributed by atoms with Crippen LogP contribution in [-0.2, 0) is 9.59 Å². The van der Waals surface area contributed by atoms with E-state index in [0.29, 0.717) is 12.8 Å². The van der Waals surface area contributed by atoms with Crippen LogP contribution in [0, 0.1) is 0 Å². The van der Waals surface area contributed by atoms with Crippen molar-refractivity contribution in [1.29, 1.82) is 0 Å². The molecule has 0 N–H and O–H groups in total. The van der Waals surface area contributed by atoms with Gasteiger partial charge in [0.2, 0.25) is 0 Å². The van der Waals surface area contributed by atoms with Gasteiger partial charge in [-0.25, -0.2) is 0 Å². The molecule has 0 aromatic carbocycles. The Morgan fingerprint density at radius 3 is 2.20 bits per heavy atom. The molecule has 2 heteroatoms. The van der Waals surface area contributed by atoms with Crippen LogP contribution in [-0.4, -0.2) is 11.6 Å². The summed E-state index contributed by atoms with van der Waals surface area (Å²) in [5.74, 6) is 0.200. The summed E-state index contributed by atoms with van der Waals surface area (Å²) in [5, 5.41) is 0. The maximum absolute atomic E-state index is 11.3. The second kappa shape index (κ2) is 9.63. The van der Waals surface area contributed by atoms with Crippen molar-refractivity contribution in [3.63, 3.8) is 0 Å². The summed E-state index contributed by atoms with van der Waals surface area (Å²) < 4.78 is 0. The molecule has 0 aliphatic carbocycles. The molecule has 0 rings (SSSR count). The van der Waals surface area contributed by atoms with Gasteiger partial charge in [0.1, 0.15) is 11.6 Å². The van der Waals surface area contributed by atoms with Gasteiger partial charge in [-0.05, 0) is 25.7 Å². The Kier molecular flexibility index (Phi) is 9.04. The number of carbonyl (C=O) groups is 2. The average Bonchev–Trinajstić information content (AvgIpc) is 2.21. The van der Waals surface area contributed by atoms with Crippen molar-refractivity contribution in [3.8, 4) is 0 Å². The topological polar surface area (TPSA) is 34.1 Å². The van der Waals surface area contributed by atoms with E-state index >= 15 is 0 Å². The van der Waals surface area contributed by atoms with E-state index in [-0.39, 0.29) is 18.0 Å². The Bertz CT molecular complexity index is 207. The van der Waals surface area contributed by atoms with Crippen LogP contribution in [0.5, 0.6) is 0 Å². The number of Topliss-reactive ketones (excluding diaryl/α,β-unsaturated/α-hetero) is 2. The molecule has 0 aliphatic rings. The lowest BCUT2D eigenvalue weighted by atomic mass is 10.0. The minimum atomic E-state index is 0.0974. The van der Waals surface area contributed by atoms with Gasteiger partial charge in [0.25, 0.3) is 0 Å². The molecule has 0 saturated carbocycles. The number of ketones is 2. The number of hydrogen-bond donors (Lipinski definition) is 0. The van der Waals surface area contributed by atoms with Crippen molar-refractivity contribution >= 4 is 11.6 Å². The molecule has 0 fully saturated rings. The van der Waals surface area contributed by atoms with Crippen molar-refractivity contribution in [2.45, 2.75) is 58.3 Å². The molecular weight excluding hydrogens is 188 g/mol. The van der Waals surface area contributed by atoms with Crippen LogP contribution < -0.4 is 0 Å². The molecule has 2 nitrogen and oxygen atoms in total. The molecule has 0 unspecified atom stereocenters. The van der Waals surface area contributed by atoms with Gasteiger partial charge in [-0.3, -0.25) is 9.59 Å². The first kappa shape index (κ1) is 14.1. The second-order valence-corrected chi connectivity index (χ2v) is 3.89. The third-order valence-corrected chi connectivity index (χ3v) is 2.32. The van der Waals surface area contributed by atoms with E-state index in [0.717, 1.165) is 32.1 Å². The van der Waals surface area contributed by atoms with E-state index in [4.69, 9.17) is 0 Å². The van der Waals surface area contributed by atoms with Crippen LogP contribution in [0.15, 0.2) is 12.7 Å². The Morgan fingerprint density at radius 1 is 1.07 bits per heavy atom. The zero-order valence-electron chi connectivity index (χ0n) is 9.76. The van der Waals surface area contributed by atoms with Gasteiger partial charge in [-0.2, -0.15) is 0 Å². The first-order valence-electron chi connectivity index (χ1n) is 5.85. The van der Waals surface area contributed by atoms with Crippen LogP contribution in [0.1, 0.15) is 58.3 Å². The Labute approximate surface area is 92.8 Å². The fraction of sp³-hybridized carbons (Fsp3) is 0.692. The van der Waals surface area contributed by atoms with E-state index in [1.807, 2.05) is 13.0 Å². The Hall–Kier alpha value is -0.920. The average molecular weight is 210 g/mol. The first-order chi connectivity index (χ1) is 7.20. The quantitative estimate of drug-likeness (QED) is 0.314. The van der Waals surface area contributed by atoms with Gasteiger partial charge < -0.3 is 0 Å². The molecule has 0 amide bonds. The van der Waals surface area contributed by atoms with Crippen LogP contribution in [0.2, 0.25) is 0 Å². The van der Waals surface area contributed by atoms with Crippen molar-refractivity contribution in [3.05, 3.63) is 12.7 Å². The molecule has 0 atom stereocenters. The largest absolute Gasteiger partial charge is 0.299 e. The second-order valence-electron chi connectivity index (χ2n) is 3.89. The molecule has 15 heavy (non-hydrogen) atoms. The molecular formula is C13H22O2. The van der Waals surface area contributed by atoms with E-state index < -0.39 is 0 Å². The maximum Gasteiger partial charge on any atom is 0.140 e. The van der Waals surface area contributed by atoms with Crippen LogP contribution in [0.4, 0.5) is 0 Å². The summed E-state index contributed by atoms with van der Waals surface area (Å²) in [7, 11) is 0. The third-order valence-electron chi connectivity index (χ3n) is 2.32. The number of unbranched alkanes of at least 4 members (excludes halogenated alkanes) is 3. The highest BCUT2D eigenvalue weighted by Gasteiger charge is 2.08. The summed E-state index contributed by atoms with van der Waals surface area (Å²) in [6.45, 7) is 5.67. The Morgan fingerprint density at radius 2 is 1.67 bits per heavy atom. The lowest BCUT2D eigenvalue weighted by Gasteiger charge is -1.99. The van der Waals surface area contributed by atoms with E-state index in [1.54, 1.807) is 0 Å². The van der Waals surface area contributed by atoms with Gasteiger partial charge in [0, 0.05) is 12.8 Å². The van der Waals surface area contributed by atoms with Gasteiger partial charge in [-0.1, -0.05) is 19.4 Å². The fourth-order valence-electron chi connectivity index (χ4n) is 1.38. The predicted octanol–water partition coefficient (Wildman–Crippen LogP) is 3.45. The van der Waals surface area contributed by atoms with Crippen molar-refractivity contribution in [2.75, 3.05) is 0 Å². The smallest absolute Gasteiger partial charge is 0.140 e. The molecule has 0 aromatic heterocycles. The van der Waals surface area contributed by atoms with Crippen LogP contribution in [0.25, 0.3) is 0 Å². The number of carbonyl (C=O) groups excluding carboxylic acids is 2. The Balaban J connectivity index is 3.46. The van der Waals surface area contributed by atoms with Gasteiger partial charge >= 0.3 is 0 Å². The van der Waals surface area contributed by atoms with Gasteiger partial charge in [0.05, 0.1) is 6.42 Å². The highest BCUT2D eigenvalue weighted by molar-refractivity contribution is 5.98. The highest BCUT2D eigenvalue weighted by atomic mass is 16.1. The molecule has 0 radical (unpaired) electrons. The standard InChI is InChI=1S/C13H22O2/c1-3-5-7-8-10-13(15)11-12(14)9-6-4-2/h3H,1,4-11H2,2H3. The third kappa shape index (κ3) is 9.39. The summed E-state index contributed by atoms with van der Waals surface area (Å²) in [6, 6.07) is 0. The maximum atomic E-state index is 11.3. The predicted molar refractivity (Wildman–Crippen MR) is 62.8 cm³/mol. The molecule has 0 saturated heterocycles. The van der Waals surface area contributed by atoms with Crippen LogP contribution in [0.3, 0.4) is 0 Å². The minimum absolute atomic E-state index is 0.0974. The number of rotatable bonds is 10. The van der Waals surface area contributed by atoms with Gasteiger partial charge in [-0.15, -0.1) is 6.58 Å². The minimum Gasteiger partial charge on any atom is -0.299 e. The van der Waals surface area contributed by atoms with Crippen molar-refractivity contribution in [2.24, 2.45) is 0 Å². The van der Waals surface area contributed by atoms with Crippen molar-refractivity contribution < 1.29 is 9.59 Å². The SMILES string of the molecule is C=CCCCCC(=O)CC(=O)CCCC. The lowest BCUT2D eigenvalue weighted by molar-refractivity contribution is -0.127. The monoisotopic (exact) mass is 210 g/mol. The van der Waals surface area contributed by atoms with Crippen LogP contribution >= 0.6 is 0 Å². The zero-order chi connectivity index (χ0) is 11.5. The zero-order valence-corrected chi connectivity index (χ0v) is 9.76. The molecule has 86 valence electrons. The van der Waals surface area contributed by atoms with E-state index in [1.165, 1.54) is 0 Å². The number of allylic oxidation sites excluding steroid dienone is 1. The summed E-state index contributed by atoms with van der Waals surface area (Å²) in [6.07, 6.45) is 7.87. The highest BCUT2D eigenvalue weighted by Crippen LogP contribution is 2.05. The van der Waals surface area contributed by atoms with Crippen molar-refractivity contribution in [1.82, 2.24) is 0 Å². The first-order valence-corrected chi connectivity index (χ1v) is 5.85. The lowest BCUT2D eigenvalue weighted by Crippen LogP contribution is -2.07. The van der Waals surface area contributed by atoms with Gasteiger partial charge in [0.15, 0.2) is 0 Å². The normalized spacial score (nSPS) is 9.93. The van der Waals surface area contributed by atoms with E-state index in [2.05, 4.69) is 6.58 Å². The summed E-state index contributed by atoms with van der Waals surface area (Å²) >= 11 is 0. The molecule has 0 aromatic rings. The summed E-state index contributed by atoms with van der Waals surface area (Å²) in [5.41, 5.74) is 0. The molecule has 0 aliphatic heterocycles. The van der Waals surface area contributed by atoms with E-state index in [9.17, 15) is 9.59 Å². The number of hydrogen-bond acceptors (Lipinski definition) is 2. The molecule has 0 spiro atoms.